The summed E-state index contributed by atoms with van der Waals surface area (Å²) < 4.78 is 0. The van der Waals surface area contributed by atoms with E-state index in [-0.39, 0.29) is 5.92 Å². The standard InChI is InChI=1S/C10H22O4/c1-4-10(14,6-12)9(7(2)3)8(13)5-11/h7-9,11-14H,4-6H2,1-3H3. The zero-order chi connectivity index (χ0) is 11.4. The lowest BCUT2D eigenvalue weighted by Crippen LogP contribution is -2.50. The number of aliphatic hydroxyl groups excluding tert-OH is 3. The van der Waals surface area contributed by atoms with E-state index in [1.54, 1.807) is 6.92 Å². The molecule has 14 heavy (non-hydrogen) atoms. The molecule has 0 aromatic heterocycles. The zero-order valence-corrected chi connectivity index (χ0v) is 9.14. The first-order valence-corrected chi connectivity index (χ1v) is 5.05. The van der Waals surface area contributed by atoms with Crippen molar-refractivity contribution in [3.05, 3.63) is 0 Å². The SMILES string of the molecule is CCC(O)(CO)C(C(C)C)C(O)CO. The first-order chi connectivity index (χ1) is 6.42. The van der Waals surface area contributed by atoms with Gasteiger partial charge in [0.2, 0.25) is 0 Å². The highest BCUT2D eigenvalue weighted by molar-refractivity contribution is 4.90. The average Bonchev–Trinajstić information content (AvgIpc) is 2.16. The summed E-state index contributed by atoms with van der Waals surface area (Å²) in [5.41, 5.74) is -1.31. The molecule has 0 saturated carbocycles. The van der Waals surface area contributed by atoms with Gasteiger partial charge in [-0.2, -0.15) is 0 Å². The second-order valence-electron chi connectivity index (χ2n) is 4.13. The Hall–Kier alpha value is -0.160. The summed E-state index contributed by atoms with van der Waals surface area (Å²) in [6, 6.07) is 0. The minimum absolute atomic E-state index is 0.00532. The van der Waals surface area contributed by atoms with E-state index in [1.807, 2.05) is 13.8 Å². The summed E-state index contributed by atoms with van der Waals surface area (Å²) >= 11 is 0. The van der Waals surface area contributed by atoms with Gasteiger partial charge in [-0.25, -0.2) is 0 Å². The van der Waals surface area contributed by atoms with E-state index >= 15 is 0 Å². The van der Waals surface area contributed by atoms with Crippen molar-refractivity contribution in [1.29, 1.82) is 0 Å². The van der Waals surface area contributed by atoms with Crippen molar-refractivity contribution in [2.24, 2.45) is 11.8 Å². The van der Waals surface area contributed by atoms with Crippen LogP contribution in [0.15, 0.2) is 0 Å². The molecule has 0 fully saturated rings. The summed E-state index contributed by atoms with van der Waals surface area (Å²) in [5, 5.41) is 37.6. The van der Waals surface area contributed by atoms with Gasteiger partial charge in [-0.15, -0.1) is 0 Å². The zero-order valence-electron chi connectivity index (χ0n) is 9.14. The summed E-state index contributed by atoms with van der Waals surface area (Å²) in [7, 11) is 0. The van der Waals surface area contributed by atoms with Gasteiger partial charge in [-0.05, 0) is 12.3 Å². The molecule has 4 nitrogen and oxygen atoms in total. The average molecular weight is 206 g/mol. The Balaban J connectivity index is 4.78. The van der Waals surface area contributed by atoms with Crippen LogP contribution in [-0.4, -0.2) is 45.3 Å². The summed E-state index contributed by atoms with van der Waals surface area (Å²) in [6.07, 6.45) is -0.643. The number of rotatable bonds is 6. The first kappa shape index (κ1) is 13.8. The van der Waals surface area contributed by atoms with Crippen molar-refractivity contribution in [2.75, 3.05) is 13.2 Å². The van der Waals surface area contributed by atoms with Crippen LogP contribution in [0.2, 0.25) is 0 Å². The smallest absolute Gasteiger partial charge is 0.0930 e. The molecule has 0 bridgehead atoms. The molecule has 4 heteroatoms. The molecule has 0 aliphatic heterocycles. The van der Waals surface area contributed by atoms with Crippen molar-refractivity contribution in [1.82, 2.24) is 0 Å². The van der Waals surface area contributed by atoms with Gasteiger partial charge in [-0.1, -0.05) is 20.8 Å². The van der Waals surface area contributed by atoms with Crippen LogP contribution in [0, 0.1) is 11.8 Å². The number of hydrogen-bond donors (Lipinski definition) is 4. The molecule has 0 heterocycles. The largest absolute Gasteiger partial charge is 0.394 e. The Bertz CT molecular complexity index is 154. The lowest BCUT2D eigenvalue weighted by atomic mass is 9.75. The van der Waals surface area contributed by atoms with Crippen molar-refractivity contribution in [3.8, 4) is 0 Å². The summed E-state index contributed by atoms with van der Waals surface area (Å²) in [4.78, 5) is 0. The Morgan fingerprint density at radius 1 is 1.21 bits per heavy atom. The summed E-state index contributed by atoms with van der Waals surface area (Å²) in [5.74, 6) is -0.517. The van der Waals surface area contributed by atoms with E-state index in [9.17, 15) is 10.2 Å². The molecule has 0 aliphatic carbocycles. The highest BCUT2D eigenvalue weighted by Crippen LogP contribution is 2.30. The Morgan fingerprint density at radius 3 is 1.93 bits per heavy atom. The van der Waals surface area contributed by atoms with E-state index in [2.05, 4.69) is 0 Å². The predicted octanol–water partition coefficient (Wildman–Crippen LogP) is -0.255. The molecule has 4 N–H and O–H groups in total. The topological polar surface area (TPSA) is 80.9 Å². The van der Waals surface area contributed by atoms with Crippen LogP contribution in [0.1, 0.15) is 27.2 Å². The van der Waals surface area contributed by atoms with Crippen LogP contribution in [0.25, 0.3) is 0 Å². The fraction of sp³-hybridized carbons (Fsp3) is 1.00. The fourth-order valence-electron chi connectivity index (χ4n) is 1.99. The monoisotopic (exact) mass is 206 g/mol. The molecule has 0 aromatic carbocycles. The van der Waals surface area contributed by atoms with E-state index in [1.165, 1.54) is 0 Å². The lowest BCUT2D eigenvalue weighted by Gasteiger charge is -2.39. The van der Waals surface area contributed by atoms with Crippen LogP contribution in [0.3, 0.4) is 0 Å². The maximum absolute atomic E-state index is 10.0. The molecule has 0 saturated heterocycles. The minimum Gasteiger partial charge on any atom is -0.394 e. The van der Waals surface area contributed by atoms with Crippen LogP contribution in [-0.2, 0) is 0 Å². The molecule has 0 aliphatic rings. The van der Waals surface area contributed by atoms with Crippen LogP contribution < -0.4 is 0 Å². The molecular weight excluding hydrogens is 184 g/mol. The third kappa shape index (κ3) is 2.92. The molecule has 0 radical (unpaired) electrons. The molecule has 3 atom stereocenters. The van der Waals surface area contributed by atoms with Crippen molar-refractivity contribution in [3.63, 3.8) is 0 Å². The molecule has 0 spiro atoms. The lowest BCUT2D eigenvalue weighted by molar-refractivity contribution is -0.128. The van der Waals surface area contributed by atoms with Crippen LogP contribution in [0.4, 0.5) is 0 Å². The predicted molar refractivity (Wildman–Crippen MR) is 53.7 cm³/mol. The number of hydrogen-bond acceptors (Lipinski definition) is 4. The Labute approximate surface area is 85.2 Å². The van der Waals surface area contributed by atoms with E-state index in [0.29, 0.717) is 6.42 Å². The maximum atomic E-state index is 10.0. The number of aliphatic hydroxyl groups is 4. The van der Waals surface area contributed by atoms with Gasteiger partial charge in [0.15, 0.2) is 0 Å². The van der Waals surface area contributed by atoms with Gasteiger partial charge in [0.25, 0.3) is 0 Å². The normalized spacial score (nSPS) is 20.6. The van der Waals surface area contributed by atoms with Crippen molar-refractivity contribution >= 4 is 0 Å². The van der Waals surface area contributed by atoms with Gasteiger partial charge in [0.05, 0.1) is 24.9 Å². The molecule has 0 rings (SSSR count). The molecule has 0 amide bonds. The molecular formula is C10H22O4. The molecule has 86 valence electrons. The van der Waals surface area contributed by atoms with Gasteiger partial charge in [0, 0.05) is 5.92 Å². The summed E-state index contributed by atoms with van der Waals surface area (Å²) in [6.45, 7) is 4.64. The van der Waals surface area contributed by atoms with Crippen molar-refractivity contribution < 1.29 is 20.4 Å². The third-order valence-electron chi connectivity index (χ3n) is 2.83. The van der Waals surface area contributed by atoms with E-state index < -0.39 is 30.8 Å². The van der Waals surface area contributed by atoms with E-state index in [4.69, 9.17) is 10.2 Å². The Kier molecular flexibility index (Phi) is 5.59. The van der Waals surface area contributed by atoms with Crippen molar-refractivity contribution in [2.45, 2.75) is 38.9 Å². The highest BCUT2D eigenvalue weighted by atomic mass is 16.3. The Morgan fingerprint density at radius 2 is 1.71 bits per heavy atom. The van der Waals surface area contributed by atoms with Crippen LogP contribution in [0.5, 0.6) is 0 Å². The quantitative estimate of drug-likeness (QED) is 0.483. The minimum atomic E-state index is -1.31. The fourth-order valence-corrected chi connectivity index (χ4v) is 1.99. The van der Waals surface area contributed by atoms with Gasteiger partial charge in [-0.3, -0.25) is 0 Å². The highest BCUT2D eigenvalue weighted by Gasteiger charge is 2.40. The van der Waals surface area contributed by atoms with Crippen LogP contribution >= 0.6 is 0 Å². The molecule has 0 aromatic rings. The third-order valence-corrected chi connectivity index (χ3v) is 2.83. The van der Waals surface area contributed by atoms with Gasteiger partial charge in [0.1, 0.15) is 0 Å². The van der Waals surface area contributed by atoms with Gasteiger partial charge < -0.3 is 20.4 Å². The second-order valence-corrected chi connectivity index (χ2v) is 4.13. The van der Waals surface area contributed by atoms with Gasteiger partial charge >= 0.3 is 0 Å². The maximum Gasteiger partial charge on any atom is 0.0930 e. The molecule has 3 unspecified atom stereocenters. The second kappa shape index (κ2) is 5.66. The van der Waals surface area contributed by atoms with E-state index in [0.717, 1.165) is 0 Å². The first-order valence-electron chi connectivity index (χ1n) is 5.05.